The fraction of sp³-hybridized carbons (Fsp3) is 0.389. The number of aryl methyl sites for hydroxylation is 3. The van der Waals surface area contributed by atoms with Crippen LogP contribution in [0.2, 0.25) is 0 Å². The van der Waals surface area contributed by atoms with E-state index in [1.807, 2.05) is 45.9 Å². The van der Waals surface area contributed by atoms with Gasteiger partial charge in [0.2, 0.25) is 0 Å². The fourth-order valence-corrected chi connectivity index (χ4v) is 3.64. The number of esters is 1. The van der Waals surface area contributed by atoms with Gasteiger partial charge in [-0.05, 0) is 56.4 Å². The Morgan fingerprint density at radius 3 is 2.29 bits per heavy atom. The third-order valence-corrected chi connectivity index (χ3v) is 4.60. The molecule has 0 fully saturated rings. The van der Waals surface area contributed by atoms with Crippen LogP contribution in [0, 0.1) is 20.8 Å². The monoisotopic (exact) mass is 284 g/mol. The summed E-state index contributed by atoms with van der Waals surface area (Å²) in [5, 5.41) is 10.7. The van der Waals surface area contributed by atoms with E-state index in [4.69, 9.17) is 4.74 Å². The van der Waals surface area contributed by atoms with Crippen molar-refractivity contribution < 1.29 is 14.6 Å². The Bertz CT molecular complexity index is 686. The van der Waals surface area contributed by atoms with Gasteiger partial charge in [-0.3, -0.25) is 0 Å². The van der Waals surface area contributed by atoms with Crippen molar-refractivity contribution in [2.24, 2.45) is 0 Å². The number of hydrogen-bond acceptors (Lipinski definition) is 3. The molecule has 110 valence electrons. The zero-order chi connectivity index (χ0) is 15.4. The summed E-state index contributed by atoms with van der Waals surface area (Å²) in [6.45, 7) is 7.86. The molecule has 1 aromatic rings. The second kappa shape index (κ2) is 4.48. The van der Waals surface area contributed by atoms with Crippen LogP contribution >= 0.6 is 0 Å². The molecule has 1 aliphatic carbocycles. The SMILES string of the molecule is CC1=CCCC12OC(=O)C(c1c(C)cc(C)cc1C)=C2O. The van der Waals surface area contributed by atoms with Crippen molar-refractivity contribution in [3.8, 4) is 0 Å². The van der Waals surface area contributed by atoms with E-state index >= 15 is 0 Å². The van der Waals surface area contributed by atoms with Crippen LogP contribution in [0.25, 0.3) is 5.57 Å². The largest absolute Gasteiger partial charge is 0.507 e. The molecule has 3 nitrogen and oxygen atoms in total. The van der Waals surface area contributed by atoms with Crippen LogP contribution in [-0.4, -0.2) is 16.7 Å². The normalized spacial score (nSPS) is 24.8. The molecule has 3 rings (SSSR count). The summed E-state index contributed by atoms with van der Waals surface area (Å²) in [5.74, 6) is -0.342. The van der Waals surface area contributed by atoms with Crippen LogP contribution in [0.3, 0.4) is 0 Å². The first-order valence-corrected chi connectivity index (χ1v) is 7.29. The molecule has 3 heteroatoms. The van der Waals surface area contributed by atoms with E-state index in [1.165, 1.54) is 0 Å². The standard InChI is InChI=1S/C18H20O3/c1-10-8-11(2)14(12(3)9-10)15-16(19)18(21-17(15)20)7-5-6-13(18)4/h6,8-9,19H,5,7H2,1-4H3. The molecule has 1 unspecified atom stereocenters. The second-order valence-electron chi connectivity index (χ2n) is 6.14. The lowest BCUT2D eigenvalue weighted by atomic mass is 9.88. The Balaban J connectivity index is 2.23. The first-order valence-electron chi connectivity index (χ1n) is 7.29. The van der Waals surface area contributed by atoms with Gasteiger partial charge in [0.1, 0.15) is 5.57 Å². The first kappa shape index (κ1) is 13.9. The molecule has 2 aliphatic rings. The average Bonchev–Trinajstić information content (AvgIpc) is 2.85. The van der Waals surface area contributed by atoms with Crippen LogP contribution in [0.4, 0.5) is 0 Å². The van der Waals surface area contributed by atoms with Crippen LogP contribution in [-0.2, 0) is 9.53 Å². The van der Waals surface area contributed by atoms with Gasteiger partial charge >= 0.3 is 5.97 Å². The van der Waals surface area contributed by atoms with E-state index in [9.17, 15) is 9.90 Å². The van der Waals surface area contributed by atoms with Gasteiger partial charge in [0.25, 0.3) is 0 Å². The lowest BCUT2D eigenvalue weighted by Gasteiger charge is -2.24. The predicted octanol–water partition coefficient (Wildman–Crippen LogP) is 3.92. The number of aliphatic hydroxyl groups is 1. The number of ether oxygens (including phenoxy) is 1. The maximum atomic E-state index is 12.4. The molecular weight excluding hydrogens is 264 g/mol. The van der Waals surface area contributed by atoms with Crippen molar-refractivity contribution in [3.05, 3.63) is 51.8 Å². The third-order valence-electron chi connectivity index (χ3n) is 4.60. The highest BCUT2D eigenvalue weighted by atomic mass is 16.6. The third kappa shape index (κ3) is 1.84. The zero-order valence-electron chi connectivity index (χ0n) is 12.9. The molecule has 0 radical (unpaired) electrons. The van der Waals surface area contributed by atoms with Crippen molar-refractivity contribution >= 4 is 11.5 Å². The number of carbonyl (C=O) groups excluding carboxylic acids is 1. The Labute approximate surface area is 124 Å². The van der Waals surface area contributed by atoms with E-state index in [2.05, 4.69) is 0 Å². The number of rotatable bonds is 1. The highest BCUT2D eigenvalue weighted by Crippen LogP contribution is 2.47. The Morgan fingerprint density at radius 2 is 1.76 bits per heavy atom. The van der Waals surface area contributed by atoms with Gasteiger partial charge in [-0.15, -0.1) is 0 Å². The number of benzene rings is 1. The Kier molecular flexibility index (Phi) is 2.97. The zero-order valence-corrected chi connectivity index (χ0v) is 12.9. The van der Waals surface area contributed by atoms with E-state index in [-0.39, 0.29) is 5.76 Å². The van der Waals surface area contributed by atoms with Crippen LogP contribution in [0.1, 0.15) is 42.0 Å². The van der Waals surface area contributed by atoms with Gasteiger partial charge in [-0.2, -0.15) is 0 Å². The van der Waals surface area contributed by atoms with E-state index in [0.717, 1.165) is 34.2 Å². The molecule has 1 aliphatic heterocycles. The summed E-state index contributed by atoms with van der Waals surface area (Å²) in [6.07, 6.45) is 3.48. The quantitative estimate of drug-likeness (QED) is 0.628. The molecule has 1 atom stereocenters. The molecular formula is C18H20O3. The number of hydrogen-bond donors (Lipinski definition) is 1. The summed E-state index contributed by atoms with van der Waals surface area (Å²) in [7, 11) is 0. The Hall–Kier alpha value is -2.03. The molecule has 0 amide bonds. The minimum Gasteiger partial charge on any atom is -0.507 e. The van der Waals surface area contributed by atoms with Crippen LogP contribution in [0.5, 0.6) is 0 Å². The van der Waals surface area contributed by atoms with E-state index < -0.39 is 11.6 Å². The number of allylic oxidation sites excluding steroid dienone is 1. The highest BCUT2D eigenvalue weighted by molar-refractivity contribution is 6.20. The fourth-order valence-electron chi connectivity index (χ4n) is 3.64. The number of carbonyl (C=O) groups is 1. The van der Waals surface area contributed by atoms with E-state index in [0.29, 0.717) is 12.0 Å². The van der Waals surface area contributed by atoms with Crippen molar-refractivity contribution in [3.63, 3.8) is 0 Å². The maximum Gasteiger partial charge on any atom is 0.343 e. The molecule has 0 bridgehead atoms. The van der Waals surface area contributed by atoms with Gasteiger partial charge in [-0.1, -0.05) is 23.8 Å². The molecule has 1 spiro atoms. The molecule has 0 aromatic heterocycles. The summed E-state index contributed by atoms with van der Waals surface area (Å²) in [5.41, 5.74) is 4.26. The van der Waals surface area contributed by atoms with Crippen LogP contribution in [0.15, 0.2) is 29.5 Å². The minimum atomic E-state index is -0.920. The molecule has 1 heterocycles. The van der Waals surface area contributed by atoms with Gasteiger partial charge in [0, 0.05) is 6.42 Å². The van der Waals surface area contributed by atoms with Crippen LogP contribution < -0.4 is 0 Å². The van der Waals surface area contributed by atoms with Crippen molar-refractivity contribution in [1.29, 1.82) is 0 Å². The van der Waals surface area contributed by atoms with Crippen molar-refractivity contribution in [2.75, 3.05) is 0 Å². The molecule has 0 saturated carbocycles. The lowest BCUT2D eigenvalue weighted by Crippen LogP contribution is -2.30. The van der Waals surface area contributed by atoms with Crippen molar-refractivity contribution in [1.82, 2.24) is 0 Å². The smallest absolute Gasteiger partial charge is 0.343 e. The van der Waals surface area contributed by atoms with E-state index in [1.54, 1.807) is 0 Å². The van der Waals surface area contributed by atoms with Gasteiger partial charge in [-0.25, -0.2) is 4.79 Å². The minimum absolute atomic E-state index is 0.0776. The molecule has 0 saturated heterocycles. The summed E-state index contributed by atoms with van der Waals surface area (Å²) in [4.78, 5) is 12.4. The average molecular weight is 284 g/mol. The van der Waals surface area contributed by atoms with Gasteiger partial charge < -0.3 is 9.84 Å². The maximum absolute atomic E-state index is 12.4. The van der Waals surface area contributed by atoms with Crippen molar-refractivity contribution in [2.45, 2.75) is 46.1 Å². The summed E-state index contributed by atoms with van der Waals surface area (Å²) >= 11 is 0. The highest BCUT2D eigenvalue weighted by Gasteiger charge is 2.51. The Morgan fingerprint density at radius 1 is 1.14 bits per heavy atom. The van der Waals surface area contributed by atoms with Gasteiger partial charge in [0.05, 0.1) is 0 Å². The predicted molar refractivity (Wildman–Crippen MR) is 82.0 cm³/mol. The first-order chi connectivity index (χ1) is 9.86. The topological polar surface area (TPSA) is 46.5 Å². The molecule has 1 N–H and O–H groups in total. The summed E-state index contributed by atoms with van der Waals surface area (Å²) in [6, 6.07) is 4.05. The number of aliphatic hydroxyl groups excluding tert-OH is 1. The molecule has 1 aromatic carbocycles. The lowest BCUT2D eigenvalue weighted by molar-refractivity contribution is -0.143. The summed E-state index contributed by atoms with van der Waals surface area (Å²) < 4.78 is 5.61. The van der Waals surface area contributed by atoms with Gasteiger partial charge in [0.15, 0.2) is 11.4 Å². The molecule has 21 heavy (non-hydrogen) atoms. The second-order valence-corrected chi connectivity index (χ2v) is 6.14.